The van der Waals surface area contributed by atoms with Gasteiger partial charge in [-0.25, -0.2) is 4.39 Å². The monoisotopic (exact) mass is 274 g/mol. The Morgan fingerprint density at radius 2 is 1.95 bits per heavy atom. The van der Waals surface area contributed by atoms with E-state index in [2.05, 4.69) is 20.8 Å². The molecule has 1 aromatic carbocycles. The van der Waals surface area contributed by atoms with Crippen molar-refractivity contribution in [3.8, 4) is 0 Å². The molecule has 4 fully saturated rings. The number of halogens is 1. The highest BCUT2D eigenvalue weighted by molar-refractivity contribution is 6.62. The van der Waals surface area contributed by atoms with E-state index in [1.165, 1.54) is 12.5 Å². The molecule has 3 saturated carbocycles. The molecule has 1 saturated heterocycles. The second-order valence-corrected chi connectivity index (χ2v) is 7.32. The van der Waals surface area contributed by atoms with E-state index in [0.717, 1.165) is 6.42 Å². The number of benzene rings is 1. The zero-order valence-electron chi connectivity index (χ0n) is 12.2. The Hall–Kier alpha value is -0.865. The summed E-state index contributed by atoms with van der Waals surface area (Å²) in [6, 6.07) is 6.76. The van der Waals surface area contributed by atoms with Gasteiger partial charge >= 0.3 is 7.12 Å². The smallest absolute Gasteiger partial charge is 0.401 e. The maximum absolute atomic E-state index is 13.9. The highest BCUT2D eigenvalue weighted by Crippen LogP contribution is 2.65. The van der Waals surface area contributed by atoms with Crippen molar-refractivity contribution in [3.05, 3.63) is 30.1 Å². The minimum atomic E-state index is -0.554. The van der Waals surface area contributed by atoms with E-state index in [-0.39, 0.29) is 17.5 Å². The molecule has 5 rings (SSSR count). The Kier molecular flexibility index (Phi) is 2.48. The third-order valence-corrected chi connectivity index (χ3v) is 6.11. The molecule has 2 nitrogen and oxygen atoms in total. The number of hydrogen-bond donors (Lipinski definition) is 0. The molecular weight excluding hydrogens is 254 g/mol. The van der Waals surface area contributed by atoms with Gasteiger partial charge in [-0.2, -0.15) is 0 Å². The quantitative estimate of drug-likeness (QED) is 0.733. The molecule has 0 radical (unpaired) electrons. The molecule has 2 bridgehead atoms. The largest absolute Gasteiger partial charge is 0.497 e. The van der Waals surface area contributed by atoms with Crippen molar-refractivity contribution in [3.63, 3.8) is 0 Å². The van der Waals surface area contributed by atoms with Crippen LogP contribution >= 0.6 is 0 Å². The molecule has 4 atom stereocenters. The van der Waals surface area contributed by atoms with Gasteiger partial charge in [-0.05, 0) is 43.1 Å². The third-order valence-electron chi connectivity index (χ3n) is 6.11. The summed E-state index contributed by atoms with van der Waals surface area (Å²) in [4.78, 5) is 0. The first kappa shape index (κ1) is 12.8. The Bertz CT molecular complexity index is 561. The maximum Gasteiger partial charge on any atom is 0.497 e. The van der Waals surface area contributed by atoms with E-state index >= 15 is 0 Å². The summed E-state index contributed by atoms with van der Waals surface area (Å²) < 4.78 is 26.3. The first-order valence-corrected chi connectivity index (χ1v) is 7.50. The summed E-state index contributed by atoms with van der Waals surface area (Å²) in [5.41, 5.74) is 0.572. The molecule has 1 aliphatic heterocycles. The SMILES string of the molecule is CC1(C)[C@@H]2C[C@H]3OB(c4ccccc4F)O[C@@]3(C)[C@H]1C2. The molecule has 106 valence electrons. The van der Waals surface area contributed by atoms with Crippen LogP contribution in [0.25, 0.3) is 0 Å². The molecule has 0 amide bonds. The molecule has 0 N–H and O–H groups in total. The summed E-state index contributed by atoms with van der Waals surface area (Å²) in [5, 5.41) is 0. The van der Waals surface area contributed by atoms with Gasteiger partial charge in [0.15, 0.2) is 0 Å². The second kappa shape index (κ2) is 3.86. The van der Waals surface area contributed by atoms with Crippen LogP contribution in [0.2, 0.25) is 0 Å². The molecule has 20 heavy (non-hydrogen) atoms. The van der Waals surface area contributed by atoms with Crippen LogP contribution in [0.5, 0.6) is 0 Å². The fraction of sp³-hybridized carbons (Fsp3) is 0.625. The van der Waals surface area contributed by atoms with Crippen molar-refractivity contribution in [2.45, 2.75) is 45.3 Å². The van der Waals surface area contributed by atoms with Gasteiger partial charge in [0.2, 0.25) is 0 Å². The summed E-state index contributed by atoms with van der Waals surface area (Å²) in [7, 11) is -0.554. The number of rotatable bonds is 1. The second-order valence-electron chi connectivity index (χ2n) is 7.32. The minimum absolute atomic E-state index is 0.101. The average Bonchev–Trinajstić information content (AvgIpc) is 2.75. The van der Waals surface area contributed by atoms with Gasteiger partial charge in [0.1, 0.15) is 5.82 Å². The van der Waals surface area contributed by atoms with Gasteiger partial charge in [0, 0.05) is 5.46 Å². The van der Waals surface area contributed by atoms with E-state index in [1.807, 2.05) is 6.07 Å². The van der Waals surface area contributed by atoms with Crippen LogP contribution in [-0.4, -0.2) is 18.8 Å². The Morgan fingerprint density at radius 3 is 2.65 bits per heavy atom. The Balaban J connectivity index is 1.66. The van der Waals surface area contributed by atoms with Crippen LogP contribution in [0.15, 0.2) is 24.3 Å². The van der Waals surface area contributed by atoms with E-state index in [9.17, 15) is 4.39 Å². The van der Waals surface area contributed by atoms with Crippen molar-refractivity contribution in [2.24, 2.45) is 17.3 Å². The normalized spacial score (nSPS) is 41.2. The summed E-state index contributed by atoms with van der Waals surface area (Å²) in [6.07, 6.45) is 2.35. The van der Waals surface area contributed by atoms with Crippen molar-refractivity contribution in [1.29, 1.82) is 0 Å². The summed E-state index contributed by atoms with van der Waals surface area (Å²) in [6.45, 7) is 6.81. The highest BCUT2D eigenvalue weighted by atomic mass is 19.1. The van der Waals surface area contributed by atoms with Gasteiger partial charge in [0.25, 0.3) is 0 Å². The van der Waals surface area contributed by atoms with Crippen LogP contribution < -0.4 is 5.46 Å². The Morgan fingerprint density at radius 1 is 1.20 bits per heavy atom. The topological polar surface area (TPSA) is 18.5 Å². The molecular formula is C16H20BFO2. The predicted octanol–water partition coefficient (Wildman–Crippen LogP) is 2.76. The fourth-order valence-corrected chi connectivity index (χ4v) is 4.66. The first-order chi connectivity index (χ1) is 9.43. The van der Waals surface area contributed by atoms with Crippen molar-refractivity contribution in [2.75, 3.05) is 0 Å². The highest BCUT2D eigenvalue weighted by Gasteiger charge is 2.68. The van der Waals surface area contributed by atoms with E-state index in [1.54, 1.807) is 12.1 Å². The van der Waals surface area contributed by atoms with Crippen LogP contribution in [0.3, 0.4) is 0 Å². The molecule has 0 spiro atoms. The van der Waals surface area contributed by atoms with Crippen molar-refractivity contribution in [1.82, 2.24) is 0 Å². The Labute approximate surface area is 119 Å². The van der Waals surface area contributed by atoms with Crippen LogP contribution in [0.4, 0.5) is 4.39 Å². The molecule has 4 heteroatoms. The summed E-state index contributed by atoms with van der Waals surface area (Å²) in [5.74, 6) is 0.982. The van der Waals surface area contributed by atoms with Crippen LogP contribution in [0, 0.1) is 23.1 Å². The lowest BCUT2D eigenvalue weighted by Gasteiger charge is -2.64. The predicted molar refractivity (Wildman–Crippen MR) is 76.1 cm³/mol. The standard InChI is InChI=1S/C16H20BFO2/c1-15(2)10-8-13(15)16(3)14(9-10)19-17(20-16)11-6-4-5-7-12(11)18/h4-7,10,13-14H,8-9H2,1-3H3/t10-,13-,14+,16-/m0/s1. The molecule has 3 aliphatic carbocycles. The maximum atomic E-state index is 13.9. The van der Waals surface area contributed by atoms with Gasteiger partial charge in [-0.3, -0.25) is 0 Å². The lowest BCUT2D eigenvalue weighted by atomic mass is 9.43. The van der Waals surface area contributed by atoms with Crippen molar-refractivity contribution < 1.29 is 13.7 Å². The van der Waals surface area contributed by atoms with E-state index < -0.39 is 7.12 Å². The zero-order valence-corrected chi connectivity index (χ0v) is 12.2. The molecule has 1 aromatic rings. The van der Waals surface area contributed by atoms with Gasteiger partial charge in [-0.15, -0.1) is 0 Å². The third kappa shape index (κ3) is 1.47. The van der Waals surface area contributed by atoms with Gasteiger partial charge in [0.05, 0.1) is 11.7 Å². The molecule has 1 heterocycles. The van der Waals surface area contributed by atoms with E-state index in [4.69, 9.17) is 9.31 Å². The van der Waals surface area contributed by atoms with Crippen LogP contribution in [-0.2, 0) is 9.31 Å². The van der Waals surface area contributed by atoms with Gasteiger partial charge in [-0.1, -0.05) is 32.0 Å². The van der Waals surface area contributed by atoms with Crippen molar-refractivity contribution >= 4 is 12.6 Å². The first-order valence-electron chi connectivity index (χ1n) is 7.50. The average molecular weight is 274 g/mol. The zero-order chi connectivity index (χ0) is 14.1. The minimum Gasteiger partial charge on any atom is -0.401 e. The summed E-state index contributed by atoms with van der Waals surface area (Å²) >= 11 is 0. The lowest BCUT2D eigenvalue weighted by molar-refractivity contribution is -0.199. The molecule has 0 aromatic heterocycles. The fourth-order valence-electron chi connectivity index (χ4n) is 4.66. The van der Waals surface area contributed by atoms with Crippen LogP contribution in [0.1, 0.15) is 33.6 Å². The number of hydrogen-bond acceptors (Lipinski definition) is 2. The molecule has 4 aliphatic rings. The van der Waals surface area contributed by atoms with Gasteiger partial charge < -0.3 is 9.31 Å². The van der Waals surface area contributed by atoms with E-state index in [0.29, 0.717) is 22.7 Å². The lowest BCUT2D eigenvalue weighted by Crippen LogP contribution is -2.65. The molecule has 0 unspecified atom stereocenters.